The first-order chi connectivity index (χ1) is 10.7. The lowest BCUT2D eigenvalue weighted by Crippen LogP contribution is -2.12. The van der Waals surface area contributed by atoms with Crippen LogP contribution < -0.4 is 0 Å². The van der Waals surface area contributed by atoms with Gasteiger partial charge in [-0.15, -0.1) is 11.3 Å². The van der Waals surface area contributed by atoms with Gasteiger partial charge >= 0.3 is 0 Å². The second-order valence-corrected chi connectivity index (χ2v) is 5.91. The Hall–Kier alpha value is -0.505. The highest BCUT2D eigenvalue weighted by Gasteiger charge is 2.04. The summed E-state index contributed by atoms with van der Waals surface area (Å²) in [7, 11) is 1.65. The minimum Gasteiger partial charge on any atom is -0.382 e. The summed E-state index contributed by atoms with van der Waals surface area (Å²) in [4.78, 5) is 5.55. The third kappa shape index (κ3) is 11.6. The van der Waals surface area contributed by atoms with Crippen LogP contribution in [0.5, 0.6) is 0 Å². The van der Waals surface area contributed by atoms with Gasteiger partial charge in [-0.25, -0.2) is 4.98 Å². The molecule has 0 bridgehead atoms. The first kappa shape index (κ1) is 22.5. The van der Waals surface area contributed by atoms with Crippen LogP contribution in [0.15, 0.2) is 0 Å². The Morgan fingerprint density at radius 2 is 1.26 bits per heavy atom. The molecule has 1 aromatic heterocycles. The molecule has 1 aromatic rings. The zero-order chi connectivity index (χ0) is 16.0. The van der Waals surface area contributed by atoms with E-state index >= 15 is 0 Å². The Balaban J connectivity index is 0.00000484. The summed E-state index contributed by atoms with van der Waals surface area (Å²) >= 11 is 1.68. The molecule has 0 radical (unpaired) electrons. The van der Waals surface area contributed by atoms with Crippen LogP contribution in [0.2, 0.25) is 0 Å². The first-order valence-electron chi connectivity index (χ1n) is 7.47. The highest BCUT2D eigenvalue weighted by atomic mass is 32.1. The third-order valence-electron chi connectivity index (χ3n) is 2.78. The van der Waals surface area contributed by atoms with Crippen LogP contribution in [0, 0.1) is 13.8 Å². The van der Waals surface area contributed by atoms with Gasteiger partial charge in [-0.3, -0.25) is 0 Å². The molecule has 0 spiro atoms. The third-order valence-corrected chi connectivity index (χ3v) is 3.83. The average molecular weight is 347 g/mol. The Morgan fingerprint density at radius 1 is 0.783 bits per heavy atom. The van der Waals surface area contributed by atoms with Crippen LogP contribution in [0.1, 0.15) is 15.6 Å². The number of nitrogens with zero attached hydrogens (tertiary/aromatic N) is 1. The molecule has 8 heteroatoms. The highest BCUT2D eigenvalue weighted by molar-refractivity contribution is 7.11. The van der Waals surface area contributed by atoms with Gasteiger partial charge < -0.3 is 23.7 Å². The molecule has 0 aliphatic carbocycles. The summed E-state index contributed by atoms with van der Waals surface area (Å²) in [6, 6.07) is 0. The lowest BCUT2D eigenvalue weighted by Gasteiger charge is -2.07. The number of aryl methyl sites for hydroxylation is 2. The predicted molar refractivity (Wildman–Crippen MR) is 95.5 cm³/mol. The van der Waals surface area contributed by atoms with Crippen LogP contribution in [0.4, 0.5) is 0 Å². The molecule has 0 aliphatic rings. The van der Waals surface area contributed by atoms with Crippen molar-refractivity contribution in [3.8, 4) is 0 Å². The van der Waals surface area contributed by atoms with E-state index in [-0.39, 0.29) is 8.41 Å². The van der Waals surface area contributed by atoms with Crippen molar-refractivity contribution in [3.05, 3.63) is 15.6 Å². The molecule has 0 aliphatic heterocycles. The van der Waals surface area contributed by atoms with Gasteiger partial charge in [0.05, 0.1) is 83.5 Å². The summed E-state index contributed by atoms with van der Waals surface area (Å²) in [5, 5.41) is 1.08. The van der Waals surface area contributed by atoms with Crippen molar-refractivity contribution in [2.75, 3.05) is 60.0 Å². The topological polar surface area (TPSA) is 59.0 Å². The molecule has 0 N–H and O–H groups in total. The van der Waals surface area contributed by atoms with E-state index in [9.17, 15) is 0 Å². The Morgan fingerprint density at radius 3 is 1.70 bits per heavy atom. The van der Waals surface area contributed by atoms with E-state index in [2.05, 4.69) is 4.98 Å². The predicted octanol–water partition coefficient (Wildman–Crippen LogP) is 0.789. The molecule has 6 nitrogen and oxygen atoms in total. The molecule has 0 atom stereocenters. The molecule has 23 heavy (non-hydrogen) atoms. The van der Waals surface area contributed by atoms with Crippen LogP contribution >= 0.6 is 11.3 Å². The molecule has 0 saturated heterocycles. The summed E-state index contributed by atoms with van der Waals surface area (Å²) < 4.78 is 26.5. The number of ether oxygens (including phenoxy) is 5. The van der Waals surface area contributed by atoms with E-state index in [1.807, 2.05) is 13.8 Å². The second kappa shape index (κ2) is 15.0. The van der Waals surface area contributed by atoms with Crippen LogP contribution in [-0.4, -0.2) is 73.4 Å². The molecule has 1 rings (SSSR count). The Labute approximate surface area is 145 Å². The number of methoxy groups -OCH3 is 1. The van der Waals surface area contributed by atoms with Gasteiger partial charge in [0.2, 0.25) is 0 Å². The Bertz CT molecular complexity index is 392. The molecule has 0 aromatic carbocycles. The maximum absolute atomic E-state index is 5.57. The monoisotopic (exact) mass is 347 g/mol. The van der Waals surface area contributed by atoms with Gasteiger partial charge in [-0.2, -0.15) is 0 Å². The smallest absolute Gasteiger partial charge is 0.0900 e. The minimum absolute atomic E-state index is 0. The van der Waals surface area contributed by atoms with E-state index in [0.717, 1.165) is 10.7 Å². The lowest BCUT2D eigenvalue weighted by molar-refractivity contribution is -0.00932. The molecule has 0 fully saturated rings. The molecular weight excluding hydrogens is 317 g/mol. The maximum Gasteiger partial charge on any atom is 0.0900 e. The molecular formula is C15H30BNO5S. The van der Waals surface area contributed by atoms with E-state index in [1.165, 1.54) is 4.88 Å². The molecule has 0 saturated carbocycles. The van der Waals surface area contributed by atoms with E-state index in [0.29, 0.717) is 59.5 Å². The van der Waals surface area contributed by atoms with E-state index in [4.69, 9.17) is 23.7 Å². The van der Waals surface area contributed by atoms with Gasteiger partial charge in [0.1, 0.15) is 0 Å². The summed E-state index contributed by atoms with van der Waals surface area (Å²) in [6.45, 7) is 9.30. The van der Waals surface area contributed by atoms with Gasteiger partial charge in [0, 0.05) is 7.11 Å². The number of hydrogen-bond acceptors (Lipinski definition) is 7. The van der Waals surface area contributed by atoms with Crippen molar-refractivity contribution in [3.63, 3.8) is 0 Å². The van der Waals surface area contributed by atoms with E-state index < -0.39 is 0 Å². The Kier molecular flexibility index (Phi) is 14.7. The van der Waals surface area contributed by atoms with Gasteiger partial charge in [-0.1, -0.05) is 0 Å². The molecule has 134 valence electrons. The molecule has 1 heterocycles. The number of hydrogen-bond donors (Lipinski definition) is 0. The highest BCUT2D eigenvalue weighted by Crippen LogP contribution is 2.17. The zero-order valence-electron chi connectivity index (χ0n) is 13.8. The maximum atomic E-state index is 5.57. The van der Waals surface area contributed by atoms with Crippen molar-refractivity contribution >= 4 is 19.7 Å². The largest absolute Gasteiger partial charge is 0.382 e. The van der Waals surface area contributed by atoms with Gasteiger partial charge in [0.15, 0.2) is 0 Å². The van der Waals surface area contributed by atoms with Crippen LogP contribution in [0.3, 0.4) is 0 Å². The summed E-state index contributed by atoms with van der Waals surface area (Å²) in [6.07, 6.45) is 0. The fourth-order valence-corrected chi connectivity index (χ4v) is 2.55. The van der Waals surface area contributed by atoms with Crippen molar-refractivity contribution in [2.45, 2.75) is 20.5 Å². The van der Waals surface area contributed by atoms with Crippen LogP contribution in [0.25, 0.3) is 0 Å². The average Bonchev–Trinajstić information content (AvgIpc) is 2.82. The number of rotatable bonds is 14. The SMILES string of the molecule is B.COCCOCCOCCOCCOCc1sc(C)nc1C. The van der Waals surface area contributed by atoms with Crippen molar-refractivity contribution < 1.29 is 23.7 Å². The number of aromatic nitrogens is 1. The number of thiazole rings is 1. The zero-order valence-corrected chi connectivity index (χ0v) is 14.6. The van der Waals surface area contributed by atoms with Crippen molar-refractivity contribution in [1.82, 2.24) is 4.98 Å². The first-order valence-corrected chi connectivity index (χ1v) is 8.28. The lowest BCUT2D eigenvalue weighted by atomic mass is 10.4. The van der Waals surface area contributed by atoms with Crippen molar-refractivity contribution in [2.24, 2.45) is 0 Å². The van der Waals surface area contributed by atoms with Gasteiger partial charge in [-0.05, 0) is 13.8 Å². The molecule has 0 amide bonds. The standard InChI is InChI=1S/C15H27NO5S.BH3/c1-13-15(22-14(2)16-13)12-21-11-10-20-9-8-19-7-6-18-5-4-17-3;/h4-12H2,1-3H3;1H3. The van der Waals surface area contributed by atoms with Crippen molar-refractivity contribution in [1.29, 1.82) is 0 Å². The normalized spacial score (nSPS) is 10.7. The van der Waals surface area contributed by atoms with Gasteiger partial charge in [0.25, 0.3) is 0 Å². The fraction of sp³-hybridized carbons (Fsp3) is 0.800. The molecule has 0 unspecified atom stereocenters. The van der Waals surface area contributed by atoms with Crippen LogP contribution in [-0.2, 0) is 30.3 Å². The second-order valence-electron chi connectivity index (χ2n) is 4.62. The van der Waals surface area contributed by atoms with E-state index in [1.54, 1.807) is 18.4 Å². The minimum atomic E-state index is 0. The summed E-state index contributed by atoms with van der Waals surface area (Å²) in [5.41, 5.74) is 1.06. The fourth-order valence-electron chi connectivity index (χ4n) is 1.67. The summed E-state index contributed by atoms with van der Waals surface area (Å²) in [5.74, 6) is 0. The quantitative estimate of drug-likeness (QED) is 0.366.